The smallest absolute Gasteiger partial charge is 0.179 e. The van der Waals surface area contributed by atoms with Crippen molar-refractivity contribution in [3.05, 3.63) is 28.8 Å². The van der Waals surface area contributed by atoms with Gasteiger partial charge >= 0.3 is 0 Å². The first-order valence-corrected chi connectivity index (χ1v) is 5.19. The molecule has 0 radical (unpaired) electrons. The SMILES string of the molecule is CNCc1ccnc(-c2cscn2)n1. The van der Waals surface area contributed by atoms with E-state index in [1.54, 1.807) is 23.0 Å². The molecule has 0 spiro atoms. The first kappa shape index (κ1) is 9.23. The Morgan fingerprint density at radius 2 is 2.36 bits per heavy atom. The van der Waals surface area contributed by atoms with Crippen LogP contribution in [0.4, 0.5) is 0 Å². The lowest BCUT2D eigenvalue weighted by Crippen LogP contribution is -2.07. The molecular formula is C9H10N4S. The zero-order chi connectivity index (χ0) is 9.80. The quantitative estimate of drug-likeness (QED) is 0.823. The molecule has 0 unspecified atom stereocenters. The van der Waals surface area contributed by atoms with Crippen molar-refractivity contribution < 1.29 is 0 Å². The van der Waals surface area contributed by atoms with Crippen molar-refractivity contribution in [3.63, 3.8) is 0 Å². The average molecular weight is 206 g/mol. The lowest BCUT2D eigenvalue weighted by Gasteiger charge is -2.00. The van der Waals surface area contributed by atoms with E-state index >= 15 is 0 Å². The van der Waals surface area contributed by atoms with Crippen LogP contribution in [0, 0.1) is 0 Å². The normalized spacial score (nSPS) is 10.4. The molecule has 0 aliphatic heterocycles. The van der Waals surface area contributed by atoms with E-state index in [0.29, 0.717) is 5.82 Å². The largest absolute Gasteiger partial charge is 0.314 e. The third-order valence-corrected chi connectivity index (χ3v) is 2.32. The van der Waals surface area contributed by atoms with Crippen LogP contribution < -0.4 is 5.32 Å². The van der Waals surface area contributed by atoms with Gasteiger partial charge in [0.15, 0.2) is 5.82 Å². The maximum absolute atomic E-state index is 4.38. The van der Waals surface area contributed by atoms with Gasteiger partial charge in [-0.15, -0.1) is 11.3 Å². The van der Waals surface area contributed by atoms with Gasteiger partial charge in [0.25, 0.3) is 0 Å². The van der Waals surface area contributed by atoms with Crippen molar-refractivity contribution in [3.8, 4) is 11.5 Å². The second-order valence-electron chi connectivity index (χ2n) is 2.78. The highest BCUT2D eigenvalue weighted by molar-refractivity contribution is 7.07. The Balaban J connectivity index is 2.31. The third kappa shape index (κ3) is 1.94. The van der Waals surface area contributed by atoms with Crippen LogP contribution in [0.2, 0.25) is 0 Å². The fraction of sp³-hybridized carbons (Fsp3) is 0.222. The zero-order valence-corrected chi connectivity index (χ0v) is 8.58. The molecule has 14 heavy (non-hydrogen) atoms. The summed E-state index contributed by atoms with van der Waals surface area (Å²) in [5.74, 6) is 0.694. The van der Waals surface area contributed by atoms with Crippen molar-refractivity contribution in [1.29, 1.82) is 0 Å². The Bertz CT molecular complexity index is 399. The summed E-state index contributed by atoms with van der Waals surface area (Å²) >= 11 is 1.55. The molecule has 0 aromatic carbocycles. The van der Waals surface area contributed by atoms with Crippen LogP contribution in [-0.2, 0) is 6.54 Å². The maximum atomic E-state index is 4.38. The van der Waals surface area contributed by atoms with Crippen LogP contribution >= 0.6 is 11.3 Å². The summed E-state index contributed by atoms with van der Waals surface area (Å²) in [6.45, 7) is 0.750. The van der Waals surface area contributed by atoms with E-state index in [1.165, 1.54) is 0 Å². The predicted octanol–water partition coefficient (Wildman–Crippen LogP) is 1.32. The molecule has 0 aliphatic carbocycles. The van der Waals surface area contributed by atoms with Gasteiger partial charge in [-0.05, 0) is 13.1 Å². The minimum atomic E-state index is 0.694. The fourth-order valence-corrected chi connectivity index (χ4v) is 1.65. The Hall–Kier alpha value is -1.33. The molecule has 1 N–H and O–H groups in total. The summed E-state index contributed by atoms with van der Waals surface area (Å²) in [6.07, 6.45) is 1.76. The highest BCUT2D eigenvalue weighted by Gasteiger charge is 2.03. The molecule has 72 valence electrons. The number of hydrogen-bond donors (Lipinski definition) is 1. The van der Waals surface area contributed by atoms with Crippen LogP contribution in [0.15, 0.2) is 23.2 Å². The molecule has 2 heterocycles. The lowest BCUT2D eigenvalue weighted by molar-refractivity contribution is 0.787. The highest BCUT2D eigenvalue weighted by Crippen LogP contribution is 2.13. The minimum Gasteiger partial charge on any atom is -0.314 e. The van der Waals surface area contributed by atoms with Crippen molar-refractivity contribution in [2.45, 2.75) is 6.54 Å². The van der Waals surface area contributed by atoms with Crippen molar-refractivity contribution >= 4 is 11.3 Å². The number of aromatic nitrogens is 3. The molecule has 0 saturated carbocycles. The average Bonchev–Trinajstić information content (AvgIpc) is 2.71. The lowest BCUT2D eigenvalue weighted by atomic mass is 10.3. The maximum Gasteiger partial charge on any atom is 0.179 e. The summed E-state index contributed by atoms with van der Waals surface area (Å²) in [7, 11) is 1.89. The number of nitrogens with zero attached hydrogens (tertiary/aromatic N) is 3. The summed E-state index contributed by atoms with van der Waals surface area (Å²) in [5.41, 5.74) is 3.60. The van der Waals surface area contributed by atoms with Gasteiger partial charge in [-0.3, -0.25) is 0 Å². The van der Waals surface area contributed by atoms with Gasteiger partial charge in [-0.1, -0.05) is 0 Å². The predicted molar refractivity (Wildman–Crippen MR) is 55.9 cm³/mol. The highest BCUT2D eigenvalue weighted by atomic mass is 32.1. The van der Waals surface area contributed by atoms with Gasteiger partial charge in [0, 0.05) is 18.1 Å². The summed E-state index contributed by atoms with van der Waals surface area (Å²) < 4.78 is 0. The van der Waals surface area contributed by atoms with Crippen LogP contribution in [0.1, 0.15) is 5.69 Å². The second kappa shape index (κ2) is 4.26. The van der Waals surface area contributed by atoms with Crippen LogP contribution in [0.3, 0.4) is 0 Å². The summed E-state index contributed by atoms with van der Waals surface area (Å²) in [5, 5.41) is 4.99. The molecule has 0 aliphatic rings. The van der Waals surface area contributed by atoms with E-state index in [1.807, 2.05) is 18.5 Å². The molecule has 2 aromatic rings. The second-order valence-corrected chi connectivity index (χ2v) is 3.49. The van der Waals surface area contributed by atoms with Crippen molar-refractivity contribution in [1.82, 2.24) is 20.3 Å². The first-order valence-electron chi connectivity index (χ1n) is 4.25. The molecule has 5 heteroatoms. The molecular weight excluding hydrogens is 196 g/mol. The van der Waals surface area contributed by atoms with Gasteiger partial charge in [0.05, 0.1) is 11.2 Å². The standard InChI is InChI=1S/C9H10N4S/c1-10-4-7-2-3-11-9(13-7)8-5-14-6-12-8/h2-3,5-6,10H,4H2,1H3. The van der Waals surface area contributed by atoms with E-state index in [2.05, 4.69) is 20.3 Å². The monoisotopic (exact) mass is 206 g/mol. The van der Waals surface area contributed by atoms with E-state index in [0.717, 1.165) is 17.9 Å². The summed E-state index contributed by atoms with van der Waals surface area (Å²) in [6, 6.07) is 1.90. The molecule has 0 atom stereocenters. The molecule has 0 bridgehead atoms. The van der Waals surface area contributed by atoms with Gasteiger partial charge in [-0.2, -0.15) is 0 Å². The Morgan fingerprint density at radius 3 is 3.07 bits per heavy atom. The Kier molecular flexibility index (Phi) is 2.81. The van der Waals surface area contributed by atoms with Crippen LogP contribution in [0.5, 0.6) is 0 Å². The van der Waals surface area contributed by atoms with E-state index in [4.69, 9.17) is 0 Å². The van der Waals surface area contributed by atoms with E-state index in [9.17, 15) is 0 Å². The minimum absolute atomic E-state index is 0.694. The van der Waals surface area contributed by atoms with Crippen LogP contribution in [-0.4, -0.2) is 22.0 Å². The van der Waals surface area contributed by atoms with Gasteiger partial charge in [-0.25, -0.2) is 15.0 Å². The van der Waals surface area contributed by atoms with Crippen molar-refractivity contribution in [2.24, 2.45) is 0 Å². The van der Waals surface area contributed by atoms with Gasteiger partial charge in [0.1, 0.15) is 5.69 Å². The third-order valence-electron chi connectivity index (χ3n) is 1.73. The fourth-order valence-electron chi connectivity index (χ4n) is 1.12. The number of rotatable bonds is 3. The van der Waals surface area contributed by atoms with E-state index < -0.39 is 0 Å². The first-order chi connectivity index (χ1) is 6.90. The molecule has 2 aromatic heterocycles. The number of hydrogen-bond acceptors (Lipinski definition) is 5. The number of nitrogens with one attached hydrogen (secondary N) is 1. The van der Waals surface area contributed by atoms with Crippen molar-refractivity contribution in [2.75, 3.05) is 7.05 Å². The molecule has 0 amide bonds. The van der Waals surface area contributed by atoms with E-state index in [-0.39, 0.29) is 0 Å². The molecule has 0 saturated heterocycles. The Morgan fingerprint density at radius 1 is 1.43 bits per heavy atom. The summed E-state index contributed by atoms with van der Waals surface area (Å²) in [4.78, 5) is 12.7. The molecule has 4 nitrogen and oxygen atoms in total. The molecule has 2 rings (SSSR count). The van der Waals surface area contributed by atoms with Crippen LogP contribution in [0.25, 0.3) is 11.5 Å². The topological polar surface area (TPSA) is 50.7 Å². The molecule has 0 fully saturated rings. The number of thiazole rings is 1. The van der Waals surface area contributed by atoms with Gasteiger partial charge in [0.2, 0.25) is 0 Å². The zero-order valence-electron chi connectivity index (χ0n) is 7.77. The Labute approximate surface area is 86.1 Å². The van der Waals surface area contributed by atoms with Gasteiger partial charge < -0.3 is 5.32 Å².